The number of phenols is 1. The van der Waals surface area contributed by atoms with Crippen molar-refractivity contribution < 1.29 is 14.9 Å². The molecule has 0 amide bonds. The van der Waals surface area contributed by atoms with E-state index in [-0.39, 0.29) is 5.75 Å². The number of rotatable bonds is 2. The van der Waals surface area contributed by atoms with Gasteiger partial charge < -0.3 is 14.9 Å². The maximum Gasteiger partial charge on any atom is 0.128 e. The van der Waals surface area contributed by atoms with Crippen LogP contribution in [0.25, 0.3) is 0 Å². The molecule has 3 heteroatoms. The Hall–Kier alpha value is -1.22. The van der Waals surface area contributed by atoms with Crippen molar-refractivity contribution in [2.75, 3.05) is 7.11 Å². The fourth-order valence-corrected chi connectivity index (χ4v) is 2.37. The van der Waals surface area contributed by atoms with E-state index in [2.05, 4.69) is 0 Å². The second-order valence-corrected chi connectivity index (χ2v) is 4.09. The molecule has 0 unspecified atom stereocenters. The summed E-state index contributed by atoms with van der Waals surface area (Å²) in [5, 5.41) is 20.2. The lowest BCUT2D eigenvalue weighted by Crippen LogP contribution is -2.21. The van der Waals surface area contributed by atoms with E-state index >= 15 is 0 Å². The Labute approximate surface area is 89.3 Å². The van der Waals surface area contributed by atoms with Crippen LogP contribution in [0.3, 0.4) is 0 Å². The third-order valence-electron chi connectivity index (χ3n) is 3.12. The van der Waals surface area contributed by atoms with Crippen molar-refractivity contribution in [1.82, 2.24) is 0 Å². The average Bonchev–Trinajstić information content (AvgIpc) is 2.65. The zero-order valence-corrected chi connectivity index (χ0v) is 8.86. The molecule has 0 aliphatic heterocycles. The summed E-state index contributed by atoms with van der Waals surface area (Å²) in [5.41, 5.74) is -0.360. The van der Waals surface area contributed by atoms with Crippen LogP contribution in [-0.4, -0.2) is 17.3 Å². The highest BCUT2D eigenvalue weighted by Crippen LogP contribution is 2.46. The Morgan fingerprint density at radius 3 is 2.53 bits per heavy atom. The van der Waals surface area contributed by atoms with Gasteiger partial charge in [0.2, 0.25) is 0 Å². The molecule has 1 aliphatic carbocycles. The van der Waals surface area contributed by atoms with E-state index in [1.54, 1.807) is 25.3 Å². The first-order valence-corrected chi connectivity index (χ1v) is 5.26. The fourth-order valence-electron chi connectivity index (χ4n) is 2.37. The van der Waals surface area contributed by atoms with Gasteiger partial charge in [-0.15, -0.1) is 0 Å². The Balaban J connectivity index is 2.49. The summed E-state index contributed by atoms with van der Waals surface area (Å²) >= 11 is 0. The van der Waals surface area contributed by atoms with Crippen molar-refractivity contribution in [3.63, 3.8) is 0 Å². The summed E-state index contributed by atoms with van der Waals surface area (Å²) < 4.78 is 5.18. The second-order valence-electron chi connectivity index (χ2n) is 4.09. The Kier molecular flexibility index (Phi) is 2.57. The molecule has 82 valence electrons. The SMILES string of the molecule is COc1cccc(O)c1C1(O)CCCC1. The third kappa shape index (κ3) is 1.67. The summed E-state index contributed by atoms with van der Waals surface area (Å²) in [6, 6.07) is 5.08. The van der Waals surface area contributed by atoms with E-state index in [0.717, 1.165) is 12.8 Å². The van der Waals surface area contributed by atoms with E-state index in [1.807, 2.05) is 0 Å². The molecule has 0 saturated heterocycles. The molecule has 0 bridgehead atoms. The van der Waals surface area contributed by atoms with Crippen LogP contribution in [0.1, 0.15) is 31.2 Å². The predicted molar refractivity (Wildman–Crippen MR) is 57.0 cm³/mol. The molecule has 0 atom stereocenters. The smallest absolute Gasteiger partial charge is 0.128 e. The van der Waals surface area contributed by atoms with Gasteiger partial charge in [0.25, 0.3) is 0 Å². The fraction of sp³-hybridized carbons (Fsp3) is 0.500. The summed E-state index contributed by atoms with van der Waals surface area (Å²) in [7, 11) is 1.55. The Bertz CT molecular complexity index is 354. The van der Waals surface area contributed by atoms with Crippen LogP contribution in [0.5, 0.6) is 11.5 Å². The van der Waals surface area contributed by atoms with E-state index in [4.69, 9.17) is 4.74 Å². The number of benzene rings is 1. The molecule has 0 heterocycles. The summed E-state index contributed by atoms with van der Waals surface area (Å²) in [6.07, 6.45) is 3.38. The first kappa shape index (κ1) is 10.3. The van der Waals surface area contributed by atoms with Crippen LogP contribution in [0.4, 0.5) is 0 Å². The molecule has 15 heavy (non-hydrogen) atoms. The van der Waals surface area contributed by atoms with E-state index < -0.39 is 5.60 Å². The molecule has 3 nitrogen and oxygen atoms in total. The lowest BCUT2D eigenvalue weighted by molar-refractivity contribution is 0.0395. The van der Waals surface area contributed by atoms with Crippen molar-refractivity contribution in [1.29, 1.82) is 0 Å². The molecule has 0 radical (unpaired) electrons. The number of hydrogen-bond donors (Lipinski definition) is 2. The number of aromatic hydroxyl groups is 1. The van der Waals surface area contributed by atoms with Gasteiger partial charge in [-0.1, -0.05) is 18.9 Å². The minimum absolute atomic E-state index is 0.124. The predicted octanol–water partition coefficient (Wildman–Crippen LogP) is 2.16. The van der Waals surface area contributed by atoms with Crippen LogP contribution < -0.4 is 4.74 Å². The van der Waals surface area contributed by atoms with Gasteiger partial charge in [0.15, 0.2) is 0 Å². The van der Waals surface area contributed by atoms with Crippen molar-refractivity contribution >= 4 is 0 Å². The molecule has 1 aromatic carbocycles. The Morgan fingerprint density at radius 2 is 1.93 bits per heavy atom. The van der Waals surface area contributed by atoms with Crippen LogP contribution in [0, 0.1) is 0 Å². The largest absolute Gasteiger partial charge is 0.507 e. The van der Waals surface area contributed by atoms with E-state index in [0.29, 0.717) is 24.2 Å². The molecule has 0 spiro atoms. The lowest BCUT2D eigenvalue weighted by atomic mass is 9.90. The Morgan fingerprint density at radius 1 is 1.27 bits per heavy atom. The molecule has 1 fully saturated rings. The van der Waals surface area contributed by atoms with Crippen LogP contribution in [0.2, 0.25) is 0 Å². The monoisotopic (exact) mass is 208 g/mol. The topological polar surface area (TPSA) is 49.7 Å². The van der Waals surface area contributed by atoms with Gasteiger partial charge in [0, 0.05) is 0 Å². The van der Waals surface area contributed by atoms with Crippen molar-refractivity contribution in [3.05, 3.63) is 23.8 Å². The molecule has 1 saturated carbocycles. The van der Waals surface area contributed by atoms with Gasteiger partial charge in [-0.3, -0.25) is 0 Å². The zero-order chi connectivity index (χ0) is 10.9. The minimum atomic E-state index is -0.906. The molecule has 0 aromatic heterocycles. The maximum atomic E-state index is 10.4. The number of aliphatic hydroxyl groups is 1. The summed E-state index contributed by atoms with van der Waals surface area (Å²) in [4.78, 5) is 0. The van der Waals surface area contributed by atoms with Crippen molar-refractivity contribution in [2.45, 2.75) is 31.3 Å². The van der Waals surface area contributed by atoms with Crippen molar-refractivity contribution in [2.24, 2.45) is 0 Å². The minimum Gasteiger partial charge on any atom is -0.507 e. The van der Waals surface area contributed by atoms with Gasteiger partial charge in [-0.05, 0) is 25.0 Å². The molecule has 1 aromatic rings. The first-order valence-electron chi connectivity index (χ1n) is 5.26. The van der Waals surface area contributed by atoms with Gasteiger partial charge in [0.1, 0.15) is 11.5 Å². The van der Waals surface area contributed by atoms with Gasteiger partial charge in [-0.2, -0.15) is 0 Å². The van der Waals surface area contributed by atoms with Crippen LogP contribution >= 0.6 is 0 Å². The average molecular weight is 208 g/mol. The van der Waals surface area contributed by atoms with Crippen LogP contribution in [-0.2, 0) is 5.60 Å². The van der Waals surface area contributed by atoms with Gasteiger partial charge in [-0.25, -0.2) is 0 Å². The highest BCUT2D eigenvalue weighted by Gasteiger charge is 2.37. The van der Waals surface area contributed by atoms with E-state index in [1.165, 1.54) is 0 Å². The van der Waals surface area contributed by atoms with Crippen LogP contribution in [0.15, 0.2) is 18.2 Å². The standard InChI is InChI=1S/C12H16O3/c1-15-10-6-4-5-9(13)11(10)12(14)7-2-3-8-12/h4-6,13-14H,2-3,7-8H2,1H3. The normalized spacial score (nSPS) is 19.1. The highest BCUT2D eigenvalue weighted by atomic mass is 16.5. The molecule has 1 aliphatic rings. The molecule has 2 rings (SSSR count). The van der Waals surface area contributed by atoms with Gasteiger partial charge >= 0.3 is 0 Å². The number of methoxy groups -OCH3 is 1. The third-order valence-corrected chi connectivity index (χ3v) is 3.12. The lowest BCUT2D eigenvalue weighted by Gasteiger charge is -2.25. The zero-order valence-electron chi connectivity index (χ0n) is 8.86. The molecular weight excluding hydrogens is 192 g/mol. The maximum absolute atomic E-state index is 10.4. The molecular formula is C12H16O3. The van der Waals surface area contributed by atoms with E-state index in [9.17, 15) is 10.2 Å². The number of phenolic OH excluding ortho intramolecular Hbond substituents is 1. The summed E-state index contributed by atoms with van der Waals surface area (Å²) in [5.74, 6) is 0.693. The van der Waals surface area contributed by atoms with Crippen molar-refractivity contribution in [3.8, 4) is 11.5 Å². The number of ether oxygens (including phenoxy) is 1. The summed E-state index contributed by atoms with van der Waals surface area (Å²) in [6.45, 7) is 0. The highest BCUT2D eigenvalue weighted by molar-refractivity contribution is 5.48. The number of hydrogen-bond acceptors (Lipinski definition) is 3. The quantitative estimate of drug-likeness (QED) is 0.783. The second kappa shape index (κ2) is 3.74. The molecule has 2 N–H and O–H groups in total. The first-order chi connectivity index (χ1) is 7.17. The van der Waals surface area contributed by atoms with Gasteiger partial charge in [0.05, 0.1) is 18.3 Å².